The summed E-state index contributed by atoms with van der Waals surface area (Å²) in [6.45, 7) is 1.84. The van der Waals surface area contributed by atoms with Crippen molar-refractivity contribution in [3.63, 3.8) is 0 Å². The molecule has 78 valence electrons. The van der Waals surface area contributed by atoms with Crippen LogP contribution in [0, 0.1) is 0 Å². The van der Waals surface area contributed by atoms with Crippen molar-refractivity contribution in [2.24, 2.45) is 0 Å². The molecule has 13 heavy (non-hydrogen) atoms. The van der Waals surface area contributed by atoms with Crippen LogP contribution in [0.3, 0.4) is 0 Å². The van der Waals surface area contributed by atoms with Gasteiger partial charge in [-0.25, -0.2) is 0 Å². The Kier molecular flexibility index (Phi) is 6.92. The van der Waals surface area contributed by atoms with Gasteiger partial charge in [0.15, 0.2) is 3.79 Å². The van der Waals surface area contributed by atoms with Crippen molar-refractivity contribution in [2.75, 3.05) is 6.61 Å². The first-order valence-corrected chi connectivity index (χ1v) is 5.25. The Hall–Kier alpha value is 0.340. The third-order valence-electron chi connectivity index (χ3n) is 1.41. The van der Waals surface area contributed by atoms with Crippen LogP contribution in [0.25, 0.3) is 0 Å². The molecule has 0 fully saturated rings. The molecule has 0 amide bonds. The highest BCUT2D eigenvalue weighted by Gasteiger charge is 2.17. The lowest BCUT2D eigenvalue weighted by Crippen LogP contribution is -2.03. The van der Waals surface area contributed by atoms with Crippen molar-refractivity contribution < 1.29 is 9.53 Å². The van der Waals surface area contributed by atoms with E-state index in [0.717, 1.165) is 19.3 Å². The molecule has 0 aliphatic rings. The van der Waals surface area contributed by atoms with Gasteiger partial charge in [0.2, 0.25) is 0 Å². The van der Waals surface area contributed by atoms with Crippen molar-refractivity contribution in [2.45, 2.75) is 36.4 Å². The summed E-state index contributed by atoms with van der Waals surface area (Å²) in [4.78, 5) is 10.4. The number of carbonyl (C=O) groups is 1. The van der Waals surface area contributed by atoms with Crippen molar-refractivity contribution in [3.8, 4) is 0 Å². The topological polar surface area (TPSA) is 26.3 Å². The summed E-state index contributed by atoms with van der Waals surface area (Å²) in [5, 5.41) is 0. The first kappa shape index (κ1) is 13.3. The van der Waals surface area contributed by atoms with Gasteiger partial charge in [-0.15, -0.1) is 0 Å². The maximum atomic E-state index is 10.4. The van der Waals surface area contributed by atoms with E-state index in [2.05, 4.69) is 0 Å². The van der Waals surface area contributed by atoms with E-state index in [0.29, 0.717) is 13.0 Å². The Labute approximate surface area is 93.5 Å². The molecule has 0 spiro atoms. The number of carbonyl (C=O) groups excluding carboxylic acids is 1. The van der Waals surface area contributed by atoms with E-state index in [1.165, 1.54) is 6.92 Å². The molecule has 0 bridgehead atoms. The van der Waals surface area contributed by atoms with Crippen LogP contribution in [-0.2, 0) is 9.53 Å². The molecule has 0 aromatic rings. The highest BCUT2D eigenvalue weighted by molar-refractivity contribution is 6.67. The summed E-state index contributed by atoms with van der Waals surface area (Å²) < 4.78 is 3.58. The molecular formula is C8H13Cl3O2. The van der Waals surface area contributed by atoms with Crippen LogP contribution in [0.1, 0.15) is 32.6 Å². The van der Waals surface area contributed by atoms with Crippen molar-refractivity contribution in [1.29, 1.82) is 0 Å². The molecule has 0 rings (SSSR count). The SMILES string of the molecule is CC(=O)OCCCCCC(Cl)(Cl)Cl. The summed E-state index contributed by atoms with van der Waals surface area (Å²) in [5.74, 6) is -0.249. The second kappa shape index (κ2) is 6.74. The molecule has 0 saturated carbocycles. The van der Waals surface area contributed by atoms with E-state index in [1.54, 1.807) is 0 Å². The molecule has 0 aromatic carbocycles. The van der Waals surface area contributed by atoms with Gasteiger partial charge in [-0.3, -0.25) is 4.79 Å². The highest BCUT2D eigenvalue weighted by atomic mass is 35.6. The Morgan fingerprint density at radius 1 is 1.23 bits per heavy atom. The Bertz CT molecular complexity index is 154. The second-order valence-corrected chi connectivity index (χ2v) is 5.28. The monoisotopic (exact) mass is 246 g/mol. The third-order valence-corrected chi connectivity index (χ3v) is 1.98. The second-order valence-electron chi connectivity index (χ2n) is 2.77. The summed E-state index contributed by atoms with van der Waals surface area (Å²) >= 11 is 16.6. The van der Waals surface area contributed by atoms with Crippen LogP contribution in [0.2, 0.25) is 0 Å². The average Bonchev–Trinajstić information content (AvgIpc) is 1.93. The summed E-state index contributed by atoms with van der Waals surface area (Å²) in [7, 11) is 0. The van der Waals surface area contributed by atoms with Gasteiger partial charge in [-0.2, -0.15) is 0 Å². The summed E-state index contributed by atoms with van der Waals surface area (Å²) in [6.07, 6.45) is 3.09. The molecule has 0 aromatic heterocycles. The lowest BCUT2D eigenvalue weighted by atomic mass is 10.2. The van der Waals surface area contributed by atoms with Gasteiger partial charge >= 0.3 is 5.97 Å². The van der Waals surface area contributed by atoms with Crippen LogP contribution >= 0.6 is 34.8 Å². The normalized spacial score (nSPS) is 11.4. The first-order chi connectivity index (χ1) is 5.92. The maximum absolute atomic E-state index is 10.4. The Balaban J connectivity index is 3.13. The molecular weight excluding hydrogens is 234 g/mol. The number of alkyl halides is 3. The van der Waals surface area contributed by atoms with Crippen molar-refractivity contribution in [1.82, 2.24) is 0 Å². The minimum absolute atomic E-state index is 0.249. The van der Waals surface area contributed by atoms with Gasteiger partial charge in [-0.05, 0) is 25.7 Å². The summed E-state index contributed by atoms with van der Waals surface area (Å²) in [6, 6.07) is 0. The molecule has 0 unspecified atom stereocenters. The zero-order chi connectivity index (χ0) is 10.3. The third kappa shape index (κ3) is 12.3. The number of rotatable bonds is 5. The van der Waals surface area contributed by atoms with E-state index >= 15 is 0 Å². The number of hydrogen-bond acceptors (Lipinski definition) is 2. The molecule has 0 aliphatic heterocycles. The first-order valence-electron chi connectivity index (χ1n) is 4.12. The van der Waals surface area contributed by atoms with Gasteiger partial charge in [-0.1, -0.05) is 34.8 Å². The molecule has 0 aliphatic carbocycles. The van der Waals surface area contributed by atoms with E-state index in [-0.39, 0.29) is 5.97 Å². The van der Waals surface area contributed by atoms with Gasteiger partial charge in [0.05, 0.1) is 6.61 Å². The smallest absolute Gasteiger partial charge is 0.302 e. The zero-order valence-corrected chi connectivity index (χ0v) is 9.75. The van der Waals surface area contributed by atoms with Gasteiger partial charge in [0, 0.05) is 6.92 Å². The number of halogens is 3. The van der Waals surface area contributed by atoms with Crippen molar-refractivity contribution in [3.05, 3.63) is 0 Å². The predicted molar refractivity (Wildman–Crippen MR) is 55.4 cm³/mol. The highest BCUT2D eigenvalue weighted by Crippen LogP contribution is 2.31. The average molecular weight is 248 g/mol. The predicted octanol–water partition coefficient (Wildman–Crippen LogP) is 3.48. The van der Waals surface area contributed by atoms with Gasteiger partial charge in [0.25, 0.3) is 0 Å². The maximum Gasteiger partial charge on any atom is 0.302 e. The minimum atomic E-state index is -1.15. The lowest BCUT2D eigenvalue weighted by molar-refractivity contribution is -0.141. The molecule has 0 saturated heterocycles. The number of hydrogen-bond donors (Lipinski definition) is 0. The van der Waals surface area contributed by atoms with Crippen LogP contribution in [0.5, 0.6) is 0 Å². The van der Waals surface area contributed by atoms with E-state index in [1.807, 2.05) is 0 Å². The number of unbranched alkanes of at least 4 members (excludes halogenated alkanes) is 2. The quantitative estimate of drug-likeness (QED) is 0.422. The standard InChI is InChI=1S/C8H13Cl3O2/c1-7(12)13-6-4-2-3-5-8(9,10)11/h2-6H2,1H3. The van der Waals surface area contributed by atoms with Gasteiger partial charge in [0.1, 0.15) is 0 Å². The van der Waals surface area contributed by atoms with E-state index in [9.17, 15) is 4.79 Å². The van der Waals surface area contributed by atoms with E-state index < -0.39 is 3.79 Å². The molecule has 2 nitrogen and oxygen atoms in total. The molecule has 0 radical (unpaired) electrons. The zero-order valence-electron chi connectivity index (χ0n) is 7.49. The lowest BCUT2D eigenvalue weighted by Gasteiger charge is -2.09. The van der Waals surface area contributed by atoms with Crippen LogP contribution < -0.4 is 0 Å². The minimum Gasteiger partial charge on any atom is -0.466 e. The Morgan fingerprint density at radius 2 is 1.85 bits per heavy atom. The molecule has 0 heterocycles. The van der Waals surface area contributed by atoms with Crippen LogP contribution in [0.4, 0.5) is 0 Å². The van der Waals surface area contributed by atoms with Gasteiger partial charge < -0.3 is 4.74 Å². The van der Waals surface area contributed by atoms with Crippen LogP contribution in [0.15, 0.2) is 0 Å². The molecule has 0 atom stereocenters. The van der Waals surface area contributed by atoms with E-state index in [4.69, 9.17) is 39.5 Å². The largest absolute Gasteiger partial charge is 0.466 e. The fraction of sp³-hybridized carbons (Fsp3) is 0.875. The fourth-order valence-corrected chi connectivity index (χ4v) is 1.22. The summed E-state index contributed by atoms with van der Waals surface area (Å²) in [5.41, 5.74) is 0. The molecule has 0 N–H and O–H groups in total. The fourth-order valence-electron chi connectivity index (χ4n) is 0.820. The number of esters is 1. The Morgan fingerprint density at radius 3 is 2.31 bits per heavy atom. The molecule has 5 heteroatoms. The number of ether oxygens (including phenoxy) is 1. The van der Waals surface area contributed by atoms with Crippen molar-refractivity contribution >= 4 is 40.8 Å². The van der Waals surface area contributed by atoms with Crippen LogP contribution in [-0.4, -0.2) is 16.4 Å².